The van der Waals surface area contributed by atoms with E-state index in [0.29, 0.717) is 17.5 Å². The van der Waals surface area contributed by atoms with E-state index < -0.39 is 0 Å². The summed E-state index contributed by atoms with van der Waals surface area (Å²) in [5.74, 6) is 0.564. The van der Waals surface area contributed by atoms with Crippen LogP contribution in [-0.2, 0) is 11.3 Å². The molecule has 0 aromatic carbocycles. The number of hydrogen-bond donors (Lipinski definition) is 1. The Morgan fingerprint density at radius 1 is 1.44 bits per heavy atom. The van der Waals surface area contributed by atoms with Crippen molar-refractivity contribution in [2.45, 2.75) is 13.5 Å². The normalized spacial score (nSPS) is 10.1. The molecule has 1 amide bonds. The van der Waals surface area contributed by atoms with Gasteiger partial charge in [-0.2, -0.15) is 0 Å². The minimum Gasteiger partial charge on any atom is -0.417 e. The largest absolute Gasteiger partial charge is 0.417 e. The van der Waals surface area contributed by atoms with Crippen LogP contribution in [0.5, 0.6) is 0 Å². The van der Waals surface area contributed by atoms with Crippen LogP contribution in [0.25, 0.3) is 11.6 Å². The monoisotopic (exact) mass is 218 g/mol. The minimum atomic E-state index is -0.141. The van der Waals surface area contributed by atoms with Crippen LogP contribution in [0.2, 0.25) is 0 Å². The Morgan fingerprint density at radius 2 is 2.31 bits per heavy atom. The van der Waals surface area contributed by atoms with E-state index in [-0.39, 0.29) is 12.5 Å². The molecule has 16 heavy (non-hydrogen) atoms. The molecule has 0 aliphatic heterocycles. The summed E-state index contributed by atoms with van der Waals surface area (Å²) in [6.45, 7) is 1.66. The van der Waals surface area contributed by atoms with Crippen LogP contribution in [0.3, 0.4) is 0 Å². The van der Waals surface area contributed by atoms with Gasteiger partial charge in [0.25, 0.3) is 5.89 Å². The molecule has 2 heterocycles. The standard InChI is InChI=1S/C10H10N4O2/c1-7(15)12-6-9-13-14-10(16-9)8-4-2-3-5-11-8/h2-5H,6H2,1H3,(H,12,15). The summed E-state index contributed by atoms with van der Waals surface area (Å²) in [6.07, 6.45) is 1.65. The van der Waals surface area contributed by atoms with Gasteiger partial charge in [0, 0.05) is 13.1 Å². The number of carbonyl (C=O) groups is 1. The van der Waals surface area contributed by atoms with Gasteiger partial charge in [0.2, 0.25) is 11.8 Å². The molecule has 6 nitrogen and oxygen atoms in total. The fourth-order valence-electron chi connectivity index (χ4n) is 1.12. The van der Waals surface area contributed by atoms with Crippen molar-refractivity contribution in [2.75, 3.05) is 0 Å². The van der Waals surface area contributed by atoms with Gasteiger partial charge in [-0.3, -0.25) is 9.78 Å². The van der Waals surface area contributed by atoms with Crippen molar-refractivity contribution < 1.29 is 9.21 Å². The highest BCUT2D eigenvalue weighted by molar-refractivity contribution is 5.72. The first-order chi connectivity index (χ1) is 7.75. The highest BCUT2D eigenvalue weighted by Crippen LogP contribution is 2.13. The van der Waals surface area contributed by atoms with Gasteiger partial charge in [0.05, 0.1) is 6.54 Å². The number of pyridine rings is 1. The molecule has 0 spiro atoms. The van der Waals surface area contributed by atoms with Crippen molar-refractivity contribution in [2.24, 2.45) is 0 Å². The summed E-state index contributed by atoms with van der Waals surface area (Å²) in [5, 5.41) is 10.2. The number of nitrogens with one attached hydrogen (secondary N) is 1. The average Bonchev–Trinajstić information content (AvgIpc) is 2.76. The SMILES string of the molecule is CC(=O)NCc1nnc(-c2ccccn2)o1. The van der Waals surface area contributed by atoms with Crippen molar-refractivity contribution in [3.63, 3.8) is 0 Å². The number of aromatic nitrogens is 3. The average molecular weight is 218 g/mol. The summed E-state index contributed by atoms with van der Waals surface area (Å²) in [4.78, 5) is 14.8. The highest BCUT2D eigenvalue weighted by Gasteiger charge is 2.08. The summed E-state index contributed by atoms with van der Waals surface area (Å²) < 4.78 is 5.32. The van der Waals surface area contributed by atoms with Gasteiger partial charge in [0.1, 0.15) is 5.69 Å². The van der Waals surface area contributed by atoms with Gasteiger partial charge >= 0.3 is 0 Å². The summed E-state index contributed by atoms with van der Waals surface area (Å²) in [6, 6.07) is 5.41. The molecule has 1 N–H and O–H groups in total. The summed E-state index contributed by atoms with van der Waals surface area (Å²) >= 11 is 0. The molecular weight excluding hydrogens is 208 g/mol. The zero-order valence-corrected chi connectivity index (χ0v) is 8.67. The Bertz CT molecular complexity index is 481. The predicted molar refractivity (Wildman–Crippen MR) is 55.0 cm³/mol. The topological polar surface area (TPSA) is 80.9 Å². The highest BCUT2D eigenvalue weighted by atomic mass is 16.4. The molecule has 6 heteroatoms. The molecule has 2 rings (SSSR count). The van der Waals surface area contributed by atoms with Crippen LogP contribution in [0, 0.1) is 0 Å². The fourth-order valence-corrected chi connectivity index (χ4v) is 1.12. The van der Waals surface area contributed by atoms with Gasteiger partial charge < -0.3 is 9.73 Å². The first-order valence-corrected chi connectivity index (χ1v) is 4.74. The first kappa shape index (κ1) is 10.3. The van der Waals surface area contributed by atoms with E-state index in [1.54, 1.807) is 18.3 Å². The van der Waals surface area contributed by atoms with Crippen molar-refractivity contribution in [1.82, 2.24) is 20.5 Å². The van der Waals surface area contributed by atoms with E-state index in [4.69, 9.17) is 4.42 Å². The molecule has 2 aromatic rings. The Balaban J connectivity index is 2.11. The van der Waals surface area contributed by atoms with Crippen molar-refractivity contribution in [1.29, 1.82) is 0 Å². The Morgan fingerprint density at radius 3 is 3.00 bits per heavy atom. The van der Waals surface area contributed by atoms with Crippen LogP contribution in [0.4, 0.5) is 0 Å². The summed E-state index contributed by atoms with van der Waals surface area (Å²) in [5.41, 5.74) is 0.615. The summed E-state index contributed by atoms with van der Waals surface area (Å²) in [7, 11) is 0. The van der Waals surface area contributed by atoms with E-state index in [1.165, 1.54) is 6.92 Å². The molecule has 0 aliphatic rings. The molecule has 0 saturated heterocycles. The maximum atomic E-state index is 10.7. The number of nitrogens with zero attached hydrogens (tertiary/aromatic N) is 3. The van der Waals surface area contributed by atoms with Crippen LogP contribution >= 0.6 is 0 Å². The van der Waals surface area contributed by atoms with Crippen LogP contribution in [0.1, 0.15) is 12.8 Å². The van der Waals surface area contributed by atoms with E-state index in [9.17, 15) is 4.79 Å². The Labute approximate surface area is 91.7 Å². The number of carbonyl (C=O) groups excluding carboxylic acids is 1. The maximum absolute atomic E-state index is 10.7. The van der Waals surface area contributed by atoms with E-state index in [2.05, 4.69) is 20.5 Å². The quantitative estimate of drug-likeness (QED) is 0.822. The molecule has 0 atom stereocenters. The zero-order valence-electron chi connectivity index (χ0n) is 8.67. The second kappa shape index (κ2) is 4.52. The number of rotatable bonds is 3. The number of hydrogen-bond acceptors (Lipinski definition) is 5. The lowest BCUT2D eigenvalue weighted by Crippen LogP contribution is -2.18. The Hall–Kier alpha value is -2.24. The van der Waals surface area contributed by atoms with E-state index in [0.717, 1.165) is 0 Å². The third kappa shape index (κ3) is 2.41. The lowest BCUT2D eigenvalue weighted by molar-refractivity contribution is -0.119. The maximum Gasteiger partial charge on any atom is 0.266 e. The smallest absolute Gasteiger partial charge is 0.266 e. The lowest BCUT2D eigenvalue weighted by atomic mass is 10.3. The van der Waals surface area contributed by atoms with Gasteiger partial charge in [-0.05, 0) is 12.1 Å². The van der Waals surface area contributed by atoms with Crippen LogP contribution < -0.4 is 5.32 Å². The van der Waals surface area contributed by atoms with Gasteiger partial charge in [0.15, 0.2) is 0 Å². The van der Waals surface area contributed by atoms with Crippen LogP contribution in [-0.4, -0.2) is 21.1 Å². The third-order valence-corrected chi connectivity index (χ3v) is 1.84. The molecule has 0 aliphatic carbocycles. The lowest BCUT2D eigenvalue weighted by Gasteiger charge is -1.95. The van der Waals surface area contributed by atoms with Gasteiger partial charge in [-0.1, -0.05) is 6.07 Å². The van der Waals surface area contributed by atoms with E-state index >= 15 is 0 Å². The molecule has 0 bridgehead atoms. The fraction of sp³-hybridized carbons (Fsp3) is 0.200. The van der Waals surface area contributed by atoms with Crippen molar-refractivity contribution in [3.8, 4) is 11.6 Å². The third-order valence-electron chi connectivity index (χ3n) is 1.84. The molecular formula is C10H10N4O2. The van der Waals surface area contributed by atoms with Crippen molar-refractivity contribution >= 4 is 5.91 Å². The van der Waals surface area contributed by atoms with Gasteiger partial charge in [-0.15, -0.1) is 10.2 Å². The minimum absolute atomic E-state index is 0.141. The predicted octanol–water partition coefficient (Wildman–Crippen LogP) is 0.768. The second-order valence-electron chi connectivity index (χ2n) is 3.13. The first-order valence-electron chi connectivity index (χ1n) is 4.74. The van der Waals surface area contributed by atoms with Crippen molar-refractivity contribution in [3.05, 3.63) is 30.3 Å². The molecule has 0 saturated carbocycles. The molecule has 0 unspecified atom stereocenters. The zero-order chi connectivity index (χ0) is 11.4. The molecule has 2 aromatic heterocycles. The second-order valence-corrected chi connectivity index (χ2v) is 3.13. The molecule has 0 radical (unpaired) electrons. The molecule has 82 valence electrons. The van der Waals surface area contributed by atoms with Crippen LogP contribution in [0.15, 0.2) is 28.8 Å². The van der Waals surface area contributed by atoms with E-state index in [1.807, 2.05) is 6.07 Å². The Kier molecular flexibility index (Phi) is 2.90. The van der Waals surface area contributed by atoms with Gasteiger partial charge in [-0.25, -0.2) is 0 Å². The molecule has 0 fully saturated rings. The number of amides is 1.